The summed E-state index contributed by atoms with van der Waals surface area (Å²) in [5.74, 6) is 0.413. The number of aromatic amines is 1. The topological polar surface area (TPSA) is 77.6 Å². The Morgan fingerprint density at radius 2 is 2.00 bits per heavy atom. The summed E-state index contributed by atoms with van der Waals surface area (Å²) in [6.45, 7) is 4.11. The van der Waals surface area contributed by atoms with Crippen molar-refractivity contribution in [3.63, 3.8) is 0 Å². The molecule has 0 bridgehead atoms. The van der Waals surface area contributed by atoms with Crippen molar-refractivity contribution < 1.29 is 14.6 Å². The summed E-state index contributed by atoms with van der Waals surface area (Å²) in [7, 11) is 0. The molecule has 31 heavy (non-hydrogen) atoms. The van der Waals surface area contributed by atoms with Gasteiger partial charge in [-0.15, -0.1) is 0 Å². The van der Waals surface area contributed by atoms with Gasteiger partial charge in [-0.3, -0.25) is 9.69 Å². The van der Waals surface area contributed by atoms with E-state index in [2.05, 4.69) is 39.5 Å². The minimum atomic E-state index is -0.123. The predicted octanol–water partition coefficient (Wildman–Crippen LogP) is 4.09. The quantitative estimate of drug-likeness (QED) is 0.484. The number of benzene rings is 2. The number of halogens is 1. The van der Waals surface area contributed by atoms with Gasteiger partial charge in [0.15, 0.2) is 0 Å². The Balaban J connectivity index is 1.53. The van der Waals surface area contributed by atoms with Crippen LogP contribution in [-0.2, 0) is 13.1 Å². The third-order valence-electron chi connectivity index (χ3n) is 6.12. The third-order valence-corrected chi connectivity index (χ3v) is 6.54. The molecule has 5 rings (SSSR count). The normalized spacial score (nSPS) is 16.1. The van der Waals surface area contributed by atoms with Gasteiger partial charge in [-0.1, -0.05) is 17.7 Å². The highest BCUT2D eigenvalue weighted by atomic mass is 35.5. The van der Waals surface area contributed by atoms with Crippen LogP contribution in [0.25, 0.3) is 22.2 Å². The molecule has 1 aromatic heterocycles. The summed E-state index contributed by atoms with van der Waals surface area (Å²) in [4.78, 5) is 18.5. The first-order chi connectivity index (χ1) is 15.1. The lowest BCUT2D eigenvalue weighted by Crippen LogP contribution is -2.18. The van der Waals surface area contributed by atoms with Crippen LogP contribution < -0.4 is 10.1 Å². The summed E-state index contributed by atoms with van der Waals surface area (Å²) in [6, 6.07) is 10.4. The van der Waals surface area contributed by atoms with E-state index < -0.39 is 0 Å². The van der Waals surface area contributed by atoms with Crippen LogP contribution in [0.4, 0.5) is 0 Å². The zero-order valence-electron chi connectivity index (χ0n) is 17.3. The fourth-order valence-electron chi connectivity index (χ4n) is 4.56. The van der Waals surface area contributed by atoms with Crippen LogP contribution in [0.5, 0.6) is 5.75 Å². The first kappa shape index (κ1) is 20.4. The maximum absolute atomic E-state index is 12.6. The molecular weight excluding hydrogens is 414 g/mol. The Morgan fingerprint density at radius 3 is 2.81 bits per heavy atom. The molecule has 2 aromatic carbocycles. The lowest BCUT2D eigenvalue weighted by Gasteiger charge is -2.14. The van der Waals surface area contributed by atoms with Gasteiger partial charge in [0.05, 0.1) is 17.2 Å². The molecule has 2 aliphatic rings. The average molecular weight is 440 g/mol. The summed E-state index contributed by atoms with van der Waals surface area (Å²) in [5, 5.41) is 13.5. The Labute approximate surface area is 186 Å². The van der Waals surface area contributed by atoms with Gasteiger partial charge in [0, 0.05) is 53.8 Å². The number of nitrogens with zero attached hydrogens (tertiary/aromatic N) is 1. The predicted molar refractivity (Wildman–Crippen MR) is 122 cm³/mol. The summed E-state index contributed by atoms with van der Waals surface area (Å²) >= 11 is 6.54. The first-order valence-corrected chi connectivity index (χ1v) is 11.2. The smallest absolute Gasteiger partial charge is 0.252 e. The monoisotopic (exact) mass is 439 g/mol. The van der Waals surface area contributed by atoms with Crippen LogP contribution in [0.2, 0.25) is 5.02 Å². The highest BCUT2D eigenvalue weighted by molar-refractivity contribution is 6.34. The lowest BCUT2D eigenvalue weighted by molar-refractivity contribution is 0.0966. The van der Waals surface area contributed by atoms with Gasteiger partial charge >= 0.3 is 0 Å². The number of amides is 1. The van der Waals surface area contributed by atoms with Gasteiger partial charge in [-0.05, 0) is 55.8 Å². The number of hydrogen-bond donors (Lipinski definition) is 3. The molecule has 3 aromatic rings. The van der Waals surface area contributed by atoms with Crippen molar-refractivity contribution in [2.24, 2.45) is 0 Å². The Hall–Kier alpha value is -2.54. The standard InChI is InChI=1S/C24H26ClN3O3/c25-23-18-13-26-24(30)22(18)17(12-21(23)31-9-3-8-29)20-11-16-10-15(4-5-19(16)27-20)14-28-6-1-2-7-28/h4-5,10-12,27,29H,1-3,6-9,13-14H2,(H,26,30). The maximum atomic E-state index is 12.6. The number of carbonyl (C=O) groups is 1. The summed E-state index contributed by atoms with van der Waals surface area (Å²) in [5.41, 5.74) is 5.34. The number of rotatable bonds is 7. The van der Waals surface area contributed by atoms with Crippen molar-refractivity contribution in [2.75, 3.05) is 26.3 Å². The van der Waals surface area contributed by atoms with Crippen molar-refractivity contribution in [1.29, 1.82) is 0 Å². The Morgan fingerprint density at radius 1 is 1.16 bits per heavy atom. The Bertz CT molecular complexity index is 1130. The molecule has 6 nitrogen and oxygen atoms in total. The number of H-pyrrole nitrogens is 1. The summed E-state index contributed by atoms with van der Waals surface area (Å²) in [6.07, 6.45) is 3.08. The number of aliphatic hydroxyl groups is 1. The van der Waals surface area contributed by atoms with E-state index in [-0.39, 0.29) is 12.5 Å². The van der Waals surface area contributed by atoms with E-state index in [4.69, 9.17) is 21.4 Å². The van der Waals surface area contributed by atoms with Crippen LogP contribution in [0, 0.1) is 0 Å². The second-order valence-electron chi connectivity index (χ2n) is 8.29. The van der Waals surface area contributed by atoms with Crippen molar-refractivity contribution in [3.05, 3.63) is 52.0 Å². The molecule has 0 spiro atoms. The van der Waals surface area contributed by atoms with Gasteiger partial charge in [0.1, 0.15) is 5.75 Å². The van der Waals surface area contributed by atoms with E-state index in [9.17, 15) is 4.79 Å². The van der Waals surface area contributed by atoms with E-state index in [1.807, 2.05) is 6.07 Å². The molecule has 0 unspecified atom stereocenters. The molecule has 1 amide bonds. The molecule has 1 saturated heterocycles. The molecule has 7 heteroatoms. The highest BCUT2D eigenvalue weighted by Crippen LogP contribution is 2.40. The van der Waals surface area contributed by atoms with E-state index in [0.717, 1.165) is 34.3 Å². The fraction of sp³-hybridized carbons (Fsp3) is 0.375. The van der Waals surface area contributed by atoms with Crippen molar-refractivity contribution in [2.45, 2.75) is 32.4 Å². The molecular formula is C24H26ClN3O3. The molecule has 1 fully saturated rings. The summed E-state index contributed by atoms with van der Waals surface area (Å²) < 4.78 is 5.82. The molecule has 2 aliphatic heterocycles. The van der Waals surface area contributed by atoms with Gasteiger partial charge < -0.3 is 20.1 Å². The molecule has 0 saturated carbocycles. The number of fused-ring (bicyclic) bond motifs is 2. The minimum absolute atomic E-state index is 0.0528. The molecule has 0 radical (unpaired) electrons. The highest BCUT2D eigenvalue weighted by Gasteiger charge is 2.29. The lowest BCUT2D eigenvalue weighted by atomic mass is 9.99. The van der Waals surface area contributed by atoms with Crippen LogP contribution in [0.3, 0.4) is 0 Å². The molecule has 0 atom stereocenters. The number of likely N-dealkylation sites (tertiary alicyclic amines) is 1. The van der Waals surface area contributed by atoms with Crippen molar-refractivity contribution >= 4 is 28.4 Å². The van der Waals surface area contributed by atoms with Crippen molar-refractivity contribution in [1.82, 2.24) is 15.2 Å². The van der Waals surface area contributed by atoms with Gasteiger partial charge in [-0.25, -0.2) is 0 Å². The molecule has 3 heterocycles. The Kier molecular flexibility index (Phi) is 5.61. The van der Waals surface area contributed by atoms with E-state index in [1.165, 1.54) is 31.5 Å². The number of carbonyl (C=O) groups excluding carboxylic acids is 1. The number of aromatic nitrogens is 1. The van der Waals surface area contributed by atoms with Crippen LogP contribution >= 0.6 is 11.6 Å². The second-order valence-corrected chi connectivity index (χ2v) is 8.66. The number of hydrogen-bond acceptors (Lipinski definition) is 4. The third kappa shape index (κ3) is 3.91. The van der Waals surface area contributed by atoms with Gasteiger partial charge in [0.2, 0.25) is 0 Å². The number of ether oxygens (including phenoxy) is 1. The largest absolute Gasteiger partial charge is 0.492 e. The van der Waals surface area contributed by atoms with Crippen molar-refractivity contribution in [3.8, 4) is 17.0 Å². The SMILES string of the molecule is O=C1NCc2c(Cl)c(OCCCO)cc(-c3cc4cc(CN5CCCC5)ccc4[nH]3)c21. The average Bonchev–Trinajstić information content (AvgIpc) is 3.50. The van der Waals surface area contributed by atoms with Gasteiger partial charge in [0.25, 0.3) is 5.91 Å². The number of nitrogens with one attached hydrogen (secondary N) is 2. The van der Waals surface area contributed by atoms with Crippen LogP contribution in [0.15, 0.2) is 30.3 Å². The van der Waals surface area contributed by atoms with Crippen LogP contribution in [0.1, 0.15) is 40.7 Å². The first-order valence-electron chi connectivity index (χ1n) is 10.9. The maximum Gasteiger partial charge on any atom is 0.252 e. The van der Waals surface area contributed by atoms with E-state index in [0.29, 0.717) is 35.9 Å². The van der Waals surface area contributed by atoms with E-state index >= 15 is 0 Å². The minimum Gasteiger partial charge on any atom is -0.492 e. The molecule has 0 aliphatic carbocycles. The van der Waals surface area contributed by atoms with Crippen LogP contribution in [-0.4, -0.2) is 47.2 Å². The zero-order chi connectivity index (χ0) is 21.4. The zero-order valence-corrected chi connectivity index (χ0v) is 18.1. The second kappa shape index (κ2) is 8.54. The van der Waals surface area contributed by atoms with Gasteiger partial charge in [-0.2, -0.15) is 0 Å². The number of aliphatic hydroxyl groups excluding tert-OH is 1. The van der Waals surface area contributed by atoms with E-state index in [1.54, 1.807) is 0 Å². The fourth-order valence-corrected chi connectivity index (χ4v) is 4.83. The molecule has 3 N–H and O–H groups in total. The molecule has 162 valence electrons.